The Hall–Kier alpha value is -2.23. The number of hydrogen-bond donors (Lipinski definition) is 2. The fourth-order valence-electron chi connectivity index (χ4n) is 4.60. The fourth-order valence-corrected chi connectivity index (χ4v) is 6.61. The molecular weight excluding hydrogens is 458 g/mol. The van der Waals surface area contributed by atoms with Crippen LogP contribution in [-0.4, -0.2) is 56.0 Å². The highest BCUT2D eigenvalue weighted by atomic mass is 32.1. The molecule has 2 aliphatic rings. The van der Waals surface area contributed by atoms with Crippen LogP contribution < -0.4 is 10.6 Å². The molecule has 1 aliphatic heterocycles. The number of likely N-dealkylation sites (tertiary alicyclic amines) is 1. The van der Waals surface area contributed by atoms with Gasteiger partial charge in [-0.1, -0.05) is 6.07 Å². The molecule has 3 heterocycles. The van der Waals surface area contributed by atoms with Gasteiger partial charge < -0.3 is 15.4 Å². The number of carbonyl (C=O) groups is 3. The Labute approximate surface area is 202 Å². The molecule has 1 aliphatic carbocycles. The number of rotatable bonds is 8. The summed E-state index contributed by atoms with van der Waals surface area (Å²) >= 11 is 3.21. The molecule has 0 bridgehead atoms. The molecule has 0 aromatic carbocycles. The summed E-state index contributed by atoms with van der Waals surface area (Å²) in [5, 5.41) is 8.67. The van der Waals surface area contributed by atoms with Crippen molar-refractivity contribution in [2.24, 2.45) is 5.92 Å². The molecule has 1 saturated heterocycles. The van der Waals surface area contributed by atoms with Gasteiger partial charge in [0.1, 0.15) is 5.00 Å². The van der Waals surface area contributed by atoms with E-state index in [1.54, 1.807) is 11.3 Å². The van der Waals surface area contributed by atoms with Gasteiger partial charge in [0.15, 0.2) is 0 Å². The lowest BCUT2D eigenvalue weighted by Gasteiger charge is -2.30. The van der Waals surface area contributed by atoms with Crippen LogP contribution in [0.25, 0.3) is 0 Å². The smallest absolute Gasteiger partial charge is 0.341 e. The zero-order valence-electron chi connectivity index (χ0n) is 19.0. The summed E-state index contributed by atoms with van der Waals surface area (Å²) in [5.74, 6) is -0.390. The highest BCUT2D eigenvalue weighted by Crippen LogP contribution is 2.38. The van der Waals surface area contributed by atoms with Crippen LogP contribution in [0.4, 0.5) is 5.00 Å². The maximum absolute atomic E-state index is 12.7. The van der Waals surface area contributed by atoms with E-state index in [9.17, 15) is 14.4 Å². The fraction of sp³-hybridized carbons (Fsp3) is 0.542. The van der Waals surface area contributed by atoms with Crippen molar-refractivity contribution in [2.75, 3.05) is 38.6 Å². The van der Waals surface area contributed by atoms with Gasteiger partial charge in [-0.25, -0.2) is 4.79 Å². The molecule has 9 heteroatoms. The molecule has 0 unspecified atom stereocenters. The lowest BCUT2D eigenvalue weighted by Crippen LogP contribution is -2.43. The third-order valence-corrected chi connectivity index (χ3v) is 8.53. The standard InChI is InChI=1S/C24H31N3O4S2/c1-31-24(30)21-18-6-2-3-7-19(18)33-23(21)26-20(28)15-27-12-9-16(10-13-27)22(29)25-11-8-17-5-4-14-32-17/h4-5,14,16H,2-3,6-13,15H2,1H3,(H,25,29)(H,26,28). The van der Waals surface area contributed by atoms with E-state index in [1.165, 1.54) is 28.2 Å². The molecule has 0 saturated carbocycles. The number of nitrogens with zero attached hydrogens (tertiary/aromatic N) is 1. The third kappa shape index (κ3) is 6.02. The van der Waals surface area contributed by atoms with Gasteiger partial charge in [0.05, 0.1) is 19.2 Å². The second-order valence-electron chi connectivity index (χ2n) is 8.63. The van der Waals surface area contributed by atoms with Crippen LogP contribution in [0.5, 0.6) is 0 Å². The van der Waals surface area contributed by atoms with E-state index >= 15 is 0 Å². The van der Waals surface area contributed by atoms with Gasteiger partial charge in [0.25, 0.3) is 0 Å². The minimum Gasteiger partial charge on any atom is -0.465 e. The third-order valence-electron chi connectivity index (χ3n) is 6.39. The molecule has 2 aromatic rings. The van der Waals surface area contributed by atoms with Gasteiger partial charge in [-0.2, -0.15) is 0 Å². The first-order chi connectivity index (χ1) is 16.0. The summed E-state index contributed by atoms with van der Waals surface area (Å²) in [6.45, 7) is 2.34. The first-order valence-corrected chi connectivity index (χ1v) is 13.3. The molecular formula is C24H31N3O4S2. The van der Waals surface area contributed by atoms with Crippen molar-refractivity contribution in [3.05, 3.63) is 38.4 Å². The second kappa shape index (κ2) is 11.3. The minimum atomic E-state index is -0.379. The molecule has 2 N–H and O–H groups in total. The average Bonchev–Trinajstić information content (AvgIpc) is 3.46. The van der Waals surface area contributed by atoms with Gasteiger partial charge in [-0.15, -0.1) is 22.7 Å². The largest absolute Gasteiger partial charge is 0.465 e. The van der Waals surface area contributed by atoms with Crippen LogP contribution >= 0.6 is 22.7 Å². The number of esters is 1. The Bertz CT molecular complexity index is 978. The molecule has 33 heavy (non-hydrogen) atoms. The average molecular weight is 490 g/mol. The van der Waals surface area contributed by atoms with Crippen LogP contribution in [0.2, 0.25) is 0 Å². The van der Waals surface area contributed by atoms with Gasteiger partial charge in [-0.3, -0.25) is 14.5 Å². The Morgan fingerprint density at radius 2 is 1.97 bits per heavy atom. The molecule has 0 spiro atoms. The Morgan fingerprint density at radius 1 is 1.18 bits per heavy atom. The van der Waals surface area contributed by atoms with Crippen molar-refractivity contribution < 1.29 is 19.1 Å². The molecule has 2 aromatic heterocycles. The highest BCUT2D eigenvalue weighted by molar-refractivity contribution is 7.17. The summed E-state index contributed by atoms with van der Waals surface area (Å²) in [4.78, 5) is 42.1. The number of amides is 2. The predicted molar refractivity (Wildman–Crippen MR) is 131 cm³/mol. The van der Waals surface area contributed by atoms with E-state index in [-0.39, 0.29) is 30.2 Å². The summed E-state index contributed by atoms with van der Waals surface area (Å²) < 4.78 is 4.98. The number of hydrogen-bond acceptors (Lipinski definition) is 7. The van der Waals surface area contributed by atoms with Crippen LogP contribution in [0.3, 0.4) is 0 Å². The Morgan fingerprint density at radius 3 is 2.70 bits per heavy atom. The van der Waals surface area contributed by atoms with E-state index < -0.39 is 0 Å². The van der Waals surface area contributed by atoms with Crippen LogP contribution in [0, 0.1) is 5.92 Å². The number of aryl methyl sites for hydroxylation is 1. The van der Waals surface area contributed by atoms with Crippen LogP contribution in [0.1, 0.15) is 51.4 Å². The molecule has 178 valence electrons. The van der Waals surface area contributed by atoms with Gasteiger partial charge in [0.2, 0.25) is 11.8 Å². The Balaban J connectivity index is 1.24. The van der Waals surface area contributed by atoms with E-state index in [0.717, 1.165) is 50.5 Å². The van der Waals surface area contributed by atoms with Crippen molar-refractivity contribution in [3.8, 4) is 0 Å². The van der Waals surface area contributed by atoms with Crippen molar-refractivity contribution in [2.45, 2.75) is 44.9 Å². The summed E-state index contributed by atoms with van der Waals surface area (Å²) in [7, 11) is 1.38. The van der Waals surface area contributed by atoms with Gasteiger partial charge in [0, 0.05) is 22.2 Å². The number of nitrogens with one attached hydrogen (secondary N) is 2. The van der Waals surface area contributed by atoms with Crippen molar-refractivity contribution in [1.29, 1.82) is 0 Å². The second-order valence-corrected chi connectivity index (χ2v) is 10.8. The molecule has 2 amide bonds. The topological polar surface area (TPSA) is 87.7 Å². The number of thiophene rings is 2. The quantitative estimate of drug-likeness (QED) is 0.555. The molecule has 0 radical (unpaired) electrons. The molecule has 1 fully saturated rings. The number of piperidine rings is 1. The number of ether oxygens (including phenoxy) is 1. The monoisotopic (exact) mass is 489 g/mol. The van der Waals surface area contributed by atoms with Crippen molar-refractivity contribution in [3.63, 3.8) is 0 Å². The number of fused-ring (bicyclic) bond motifs is 1. The first kappa shape index (κ1) is 23.9. The van der Waals surface area contributed by atoms with Crippen molar-refractivity contribution >= 4 is 45.5 Å². The van der Waals surface area contributed by atoms with E-state index in [2.05, 4.69) is 21.6 Å². The molecule has 4 rings (SSSR count). The van der Waals surface area contributed by atoms with Crippen LogP contribution in [-0.2, 0) is 33.6 Å². The number of methoxy groups -OCH3 is 1. The predicted octanol–water partition coefficient (Wildman–Crippen LogP) is 3.48. The highest BCUT2D eigenvalue weighted by Gasteiger charge is 2.29. The number of anilines is 1. The summed E-state index contributed by atoms with van der Waals surface area (Å²) in [5.41, 5.74) is 1.57. The summed E-state index contributed by atoms with van der Waals surface area (Å²) in [6, 6.07) is 4.11. The number of carbonyl (C=O) groups excluding carboxylic acids is 3. The minimum absolute atomic E-state index is 0.00240. The van der Waals surface area contributed by atoms with Gasteiger partial charge in [-0.05, 0) is 75.0 Å². The summed E-state index contributed by atoms with van der Waals surface area (Å²) in [6.07, 6.45) is 6.33. The van der Waals surface area contributed by atoms with E-state index in [0.29, 0.717) is 30.2 Å². The Kier molecular flexibility index (Phi) is 8.16. The van der Waals surface area contributed by atoms with Crippen LogP contribution in [0.15, 0.2) is 17.5 Å². The molecule has 0 atom stereocenters. The SMILES string of the molecule is COC(=O)c1c(NC(=O)CN2CCC(C(=O)NCCc3cccs3)CC2)sc2c1CCCC2. The lowest BCUT2D eigenvalue weighted by molar-refractivity contribution is -0.126. The van der Waals surface area contributed by atoms with Crippen molar-refractivity contribution in [1.82, 2.24) is 10.2 Å². The zero-order valence-corrected chi connectivity index (χ0v) is 20.6. The normalized spacial score (nSPS) is 16.8. The maximum Gasteiger partial charge on any atom is 0.341 e. The maximum atomic E-state index is 12.7. The van der Waals surface area contributed by atoms with E-state index in [1.807, 2.05) is 11.4 Å². The van der Waals surface area contributed by atoms with E-state index in [4.69, 9.17) is 4.74 Å². The zero-order chi connectivity index (χ0) is 23.2. The molecule has 7 nitrogen and oxygen atoms in total. The lowest BCUT2D eigenvalue weighted by atomic mass is 9.95. The first-order valence-electron chi connectivity index (χ1n) is 11.6. The van der Waals surface area contributed by atoms with Gasteiger partial charge >= 0.3 is 5.97 Å².